The molecule has 0 aromatic heterocycles. The maximum absolute atomic E-state index is 5.32. The Kier molecular flexibility index (Phi) is 3.30. The highest BCUT2D eigenvalue weighted by Crippen LogP contribution is 2.10. The highest BCUT2D eigenvalue weighted by molar-refractivity contribution is 6.00. The molecule has 1 saturated heterocycles. The molecule has 2 nitrogen and oxygen atoms in total. The van der Waals surface area contributed by atoms with Gasteiger partial charge < -0.3 is 4.74 Å². The minimum absolute atomic E-state index is 0.751. The van der Waals surface area contributed by atoms with Crippen molar-refractivity contribution < 1.29 is 4.74 Å². The standard InChI is InChI=1S/C9H15NO/c1-3-4-8-7-11-6-5-9(8)10-2/h4H,3,5-7H2,1-2H3/b8-4-,10-9?. The molecule has 0 aromatic carbocycles. The molecular formula is C9H15NO. The molecule has 0 radical (unpaired) electrons. The van der Waals surface area contributed by atoms with Gasteiger partial charge in [-0.05, 0) is 12.0 Å². The zero-order chi connectivity index (χ0) is 8.10. The molecular weight excluding hydrogens is 138 g/mol. The van der Waals surface area contributed by atoms with E-state index in [4.69, 9.17) is 4.74 Å². The van der Waals surface area contributed by atoms with Gasteiger partial charge in [-0.3, -0.25) is 4.99 Å². The molecule has 0 N–H and O–H groups in total. The van der Waals surface area contributed by atoms with Gasteiger partial charge in [-0.1, -0.05) is 13.0 Å². The molecule has 62 valence electrons. The molecule has 1 fully saturated rings. The predicted molar refractivity (Wildman–Crippen MR) is 47.2 cm³/mol. The van der Waals surface area contributed by atoms with Crippen LogP contribution < -0.4 is 0 Å². The van der Waals surface area contributed by atoms with Gasteiger partial charge in [0.05, 0.1) is 13.2 Å². The van der Waals surface area contributed by atoms with Crippen LogP contribution in [-0.4, -0.2) is 26.0 Å². The van der Waals surface area contributed by atoms with Gasteiger partial charge >= 0.3 is 0 Å². The molecule has 2 heteroatoms. The van der Waals surface area contributed by atoms with E-state index in [-0.39, 0.29) is 0 Å². The third-order valence-electron chi connectivity index (χ3n) is 1.83. The van der Waals surface area contributed by atoms with E-state index >= 15 is 0 Å². The Morgan fingerprint density at radius 3 is 3.09 bits per heavy atom. The van der Waals surface area contributed by atoms with Gasteiger partial charge in [0.25, 0.3) is 0 Å². The first-order valence-electron chi connectivity index (χ1n) is 4.11. The number of hydrogen-bond donors (Lipinski definition) is 0. The maximum Gasteiger partial charge on any atom is 0.0731 e. The first kappa shape index (κ1) is 8.47. The van der Waals surface area contributed by atoms with Crippen LogP contribution in [0.4, 0.5) is 0 Å². The van der Waals surface area contributed by atoms with Crippen molar-refractivity contribution in [2.24, 2.45) is 4.99 Å². The van der Waals surface area contributed by atoms with E-state index in [0.29, 0.717) is 0 Å². The van der Waals surface area contributed by atoms with Gasteiger partial charge in [0.1, 0.15) is 0 Å². The SMILES string of the molecule is CC/C=C1/COCCC1=NC. The number of aliphatic imine (C=N–C) groups is 1. The second kappa shape index (κ2) is 4.29. The minimum Gasteiger partial charge on any atom is -0.376 e. The van der Waals surface area contributed by atoms with Gasteiger partial charge in [0.2, 0.25) is 0 Å². The monoisotopic (exact) mass is 153 g/mol. The summed E-state index contributed by atoms with van der Waals surface area (Å²) in [5.41, 5.74) is 2.50. The molecule has 0 atom stereocenters. The van der Waals surface area contributed by atoms with Crippen LogP contribution in [0, 0.1) is 0 Å². The molecule has 0 spiro atoms. The average Bonchev–Trinajstić information content (AvgIpc) is 2.06. The van der Waals surface area contributed by atoms with Crippen molar-refractivity contribution in [1.29, 1.82) is 0 Å². The van der Waals surface area contributed by atoms with E-state index < -0.39 is 0 Å². The predicted octanol–water partition coefficient (Wildman–Crippen LogP) is 1.81. The lowest BCUT2D eigenvalue weighted by Crippen LogP contribution is -2.18. The summed E-state index contributed by atoms with van der Waals surface area (Å²) in [6.07, 6.45) is 4.24. The summed E-state index contributed by atoms with van der Waals surface area (Å²) in [7, 11) is 1.85. The second-order valence-corrected chi connectivity index (χ2v) is 2.61. The van der Waals surface area contributed by atoms with Crippen molar-refractivity contribution in [3.8, 4) is 0 Å². The fourth-order valence-electron chi connectivity index (χ4n) is 1.27. The number of ether oxygens (including phenoxy) is 1. The Labute approximate surface area is 68.0 Å². The van der Waals surface area contributed by atoms with Crippen LogP contribution in [0.1, 0.15) is 19.8 Å². The molecule has 1 aliphatic rings. The quantitative estimate of drug-likeness (QED) is 0.563. The van der Waals surface area contributed by atoms with E-state index in [1.165, 1.54) is 11.3 Å². The van der Waals surface area contributed by atoms with E-state index in [2.05, 4.69) is 18.0 Å². The molecule has 1 aliphatic heterocycles. The first-order valence-corrected chi connectivity index (χ1v) is 4.11. The Hall–Kier alpha value is -0.630. The van der Waals surface area contributed by atoms with Gasteiger partial charge in [-0.25, -0.2) is 0 Å². The summed E-state index contributed by atoms with van der Waals surface area (Å²) >= 11 is 0. The van der Waals surface area contributed by atoms with Crippen molar-refractivity contribution in [3.05, 3.63) is 11.6 Å². The maximum atomic E-state index is 5.32. The zero-order valence-corrected chi connectivity index (χ0v) is 7.26. The third kappa shape index (κ3) is 2.15. The van der Waals surface area contributed by atoms with Gasteiger partial charge in [-0.15, -0.1) is 0 Å². The molecule has 0 amide bonds. The highest BCUT2D eigenvalue weighted by atomic mass is 16.5. The summed E-state index contributed by atoms with van der Waals surface area (Å²) in [5, 5.41) is 0. The average molecular weight is 153 g/mol. The van der Waals surface area contributed by atoms with Crippen LogP contribution in [0.25, 0.3) is 0 Å². The van der Waals surface area contributed by atoms with Crippen molar-refractivity contribution in [3.63, 3.8) is 0 Å². The number of hydrogen-bond acceptors (Lipinski definition) is 2. The third-order valence-corrected chi connectivity index (χ3v) is 1.83. The smallest absolute Gasteiger partial charge is 0.0731 e. The highest BCUT2D eigenvalue weighted by Gasteiger charge is 2.11. The topological polar surface area (TPSA) is 21.6 Å². The number of allylic oxidation sites excluding steroid dienone is 1. The molecule has 1 rings (SSSR count). The Balaban J connectivity index is 2.67. The van der Waals surface area contributed by atoms with Crippen molar-refractivity contribution in [2.75, 3.05) is 20.3 Å². The molecule has 0 aromatic rings. The van der Waals surface area contributed by atoms with Crippen LogP contribution in [0.3, 0.4) is 0 Å². The Bertz CT molecular complexity index is 182. The fourth-order valence-corrected chi connectivity index (χ4v) is 1.27. The second-order valence-electron chi connectivity index (χ2n) is 2.61. The van der Waals surface area contributed by atoms with Crippen molar-refractivity contribution >= 4 is 5.71 Å². The van der Waals surface area contributed by atoms with E-state index in [0.717, 1.165) is 26.1 Å². The molecule has 0 unspecified atom stereocenters. The van der Waals surface area contributed by atoms with Crippen molar-refractivity contribution in [1.82, 2.24) is 0 Å². The molecule has 0 saturated carbocycles. The first-order chi connectivity index (χ1) is 5.38. The van der Waals surface area contributed by atoms with Crippen LogP contribution in [-0.2, 0) is 4.74 Å². The van der Waals surface area contributed by atoms with Crippen molar-refractivity contribution in [2.45, 2.75) is 19.8 Å². The van der Waals surface area contributed by atoms with E-state index in [1.807, 2.05) is 7.05 Å². The molecule has 0 aliphatic carbocycles. The van der Waals surface area contributed by atoms with Gasteiger partial charge in [0, 0.05) is 19.2 Å². The van der Waals surface area contributed by atoms with Gasteiger partial charge in [0.15, 0.2) is 0 Å². The van der Waals surface area contributed by atoms with Crippen LogP contribution in [0.5, 0.6) is 0 Å². The van der Waals surface area contributed by atoms with E-state index in [1.54, 1.807) is 0 Å². The summed E-state index contributed by atoms with van der Waals surface area (Å²) < 4.78 is 5.32. The van der Waals surface area contributed by atoms with Crippen LogP contribution in [0.15, 0.2) is 16.6 Å². The molecule has 1 heterocycles. The Morgan fingerprint density at radius 2 is 2.45 bits per heavy atom. The van der Waals surface area contributed by atoms with Crippen LogP contribution in [0.2, 0.25) is 0 Å². The summed E-state index contributed by atoms with van der Waals surface area (Å²) in [4.78, 5) is 4.22. The number of nitrogens with zero attached hydrogens (tertiary/aromatic N) is 1. The van der Waals surface area contributed by atoms with E-state index in [9.17, 15) is 0 Å². The normalized spacial score (nSPS) is 26.4. The minimum atomic E-state index is 0.751. The van der Waals surface area contributed by atoms with Crippen LogP contribution >= 0.6 is 0 Å². The molecule has 11 heavy (non-hydrogen) atoms. The Morgan fingerprint density at radius 1 is 1.64 bits per heavy atom. The number of rotatable bonds is 1. The summed E-state index contributed by atoms with van der Waals surface area (Å²) in [6.45, 7) is 3.71. The lowest BCUT2D eigenvalue weighted by atomic mass is 10.1. The largest absolute Gasteiger partial charge is 0.376 e. The molecule has 0 bridgehead atoms. The van der Waals surface area contributed by atoms with Gasteiger partial charge in [-0.2, -0.15) is 0 Å². The summed E-state index contributed by atoms with van der Waals surface area (Å²) in [5.74, 6) is 0. The lowest BCUT2D eigenvalue weighted by Gasteiger charge is -2.16. The fraction of sp³-hybridized carbons (Fsp3) is 0.667. The summed E-state index contributed by atoms with van der Waals surface area (Å²) in [6, 6.07) is 0. The lowest BCUT2D eigenvalue weighted by molar-refractivity contribution is 0.157. The zero-order valence-electron chi connectivity index (χ0n) is 7.26.